The van der Waals surface area contributed by atoms with Crippen molar-refractivity contribution in [2.45, 2.75) is 26.6 Å². The minimum absolute atomic E-state index is 0.0937. The van der Waals surface area contributed by atoms with E-state index in [1.165, 1.54) is 6.20 Å². The normalized spacial score (nSPS) is 13.0. The summed E-state index contributed by atoms with van der Waals surface area (Å²) in [6.07, 6.45) is 5.13. The highest BCUT2D eigenvalue weighted by Gasteiger charge is 2.26. The molecule has 3 aromatic rings. The molecule has 4 rings (SSSR count). The summed E-state index contributed by atoms with van der Waals surface area (Å²) in [6.45, 7) is 3.65. The van der Waals surface area contributed by atoms with Crippen LogP contribution in [0.4, 0.5) is 11.5 Å². The highest BCUT2D eigenvalue weighted by atomic mass is 35.5. The maximum absolute atomic E-state index is 12.6. The van der Waals surface area contributed by atoms with Crippen molar-refractivity contribution in [1.29, 1.82) is 0 Å². The number of aryl methyl sites for hydroxylation is 1. The average Bonchev–Trinajstić information content (AvgIpc) is 3.23. The van der Waals surface area contributed by atoms with Gasteiger partial charge in [0, 0.05) is 36.1 Å². The number of anilines is 2. The molecule has 154 valence electrons. The van der Waals surface area contributed by atoms with Crippen molar-refractivity contribution in [3.05, 3.63) is 70.6 Å². The van der Waals surface area contributed by atoms with E-state index < -0.39 is 0 Å². The molecule has 9 heteroatoms. The fraction of sp³-hybridized carbons (Fsp3) is 0.238. The van der Waals surface area contributed by atoms with Crippen molar-refractivity contribution in [2.24, 2.45) is 0 Å². The van der Waals surface area contributed by atoms with Crippen LogP contribution in [-0.4, -0.2) is 33.1 Å². The SMILES string of the molecule is CCn1cc(CNC(=O)c2cnc3c(c2)N(Cc2ccc(Cl)cc2)C(=O)CN3)cn1. The van der Waals surface area contributed by atoms with Crippen LogP contribution in [0.25, 0.3) is 0 Å². The van der Waals surface area contributed by atoms with E-state index in [0.29, 0.717) is 35.2 Å². The first-order valence-electron chi connectivity index (χ1n) is 9.61. The van der Waals surface area contributed by atoms with Crippen LogP contribution in [-0.2, 0) is 24.4 Å². The Balaban J connectivity index is 1.52. The van der Waals surface area contributed by atoms with Gasteiger partial charge in [0.25, 0.3) is 5.91 Å². The minimum atomic E-state index is -0.265. The first kappa shape index (κ1) is 19.9. The van der Waals surface area contributed by atoms with Gasteiger partial charge in [-0.25, -0.2) is 4.98 Å². The third kappa shape index (κ3) is 4.28. The summed E-state index contributed by atoms with van der Waals surface area (Å²) in [5.74, 6) is 0.215. The molecule has 2 N–H and O–H groups in total. The minimum Gasteiger partial charge on any atom is -0.359 e. The Kier molecular flexibility index (Phi) is 5.67. The number of benzene rings is 1. The number of nitrogens with zero attached hydrogens (tertiary/aromatic N) is 4. The summed E-state index contributed by atoms with van der Waals surface area (Å²) in [5, 5.41) is 10.7. The molecular weight excluding hydrogens is 404 g/mol. The average molecular weight is 425 g/mol. The Morgan fingerprint density at radius 1 is 1.23 bits per heavy atom. The Labute approximate surface area is 178 Å². The van der Waals surface area contributed by atoms with E-state index in [-0.39, 0.29) is 18.4 Å². The first-order valence-corrected chi connectivity index (χ1v) is 9.99. The van der Waals surface area contributed by atoms with E-state index in [2.05, 4.69) is 20.7 Å². The van der Waals surface area contributed by atoms with E-state index in [1.54, 1.807) is 34.0 Å². The predicted octanol–water partition coefficient (Wildman–Crippen LogP) is 2.84. The zero-order valence-corrected chi connectivity index (χ0v) is 17.2. The Hall–Kier alpha value is -3.39. The molecule has 0 saturated carbocycles. The van der Waals surface area contributed by atoms with Crippen LogP contribution >= 0.6 is 11.6 Å². The topological polar surface area (TPSA) is 92.2 Å². The van der Waals surface area contributed by atoms with Gasteiger partial charge in [-0.1, -0.05) is 23.7 Å². The maximum Gasteiger partial charge on any atom is 0.253 e. The van der Waals surface area contributed by atoms with Gasteiger partial charge in [-0.3, -0.25) is 14.3 Å². The molecule has 3 heterocycles. The Morgan fingerprint density at radius 2 is 2.03 bits per heavy atom. The van der Waals surface area contributed by atoms with Gasteiger partial charge in [-0.05, 0) is 30.7 Å². The summed E-state index contributed by atoms with van der Waals surface area (Å²) < 4.78 is 1.80. The molecular formula is C21H21ClN6O2. The number of nitrogens with one attached hydrogen (secondary N) is 2. The number of rotatable bonds is 6. The number of carbonyl (C=O) groups is 2. The number of pyridine rings is 1. The Bertz CT molecular complexity index is 1080. The number of amides is 2. The lowest BCUT2D eigenvalue weighted by atomic mass is 10.1. The van der Waals surface area contributed by atoms with Gasteiger partial charge in [0.1, 0.15) is 0 Å². The monoisotopic (exact) mass is 424 g/mol. The van der Waals surface area contributed by atoms with Crippen molar-refractivity contribution in [1.82, 2.24) is 20.1 Å². The summed E-state index contributed by atoms with van der Waals surface area (Å²) in [4.78, 5) is 31.2. The molecule has 2 aromatic heterocycles. The van der Waals surface area contributed by atoms with Gasteiger partial charge in [0.15, 0.2) is 5.82 Å². The third-order valence-corrected chi connectivity index (χ3v) is 5.10. The number of carbonyl (C=O) groups excluding carboxylic acids is 2. The molecule has 8 nitrogen and oxygen atoms in total. The molecule has 0 fully saturated rings. The largest absolute Gasteiger partial charge is 0.359 e. The van der Waals surface area contributed by atoms with Crippen molar-refractivity contribution < 1.29 is 9.59 Å². The predicted molar refractivity (Wildman–Crippen MR) is 114 cm³/mol. The molecule has 1 aromatic carbocycles. The molecule has 0 unspecified atom stereocenters. The molecule has 1 aliphatic heterocycles. The van der Waals surface area contributed by atoms with E-state index in [9.17, 15) is 9.59 Å². The number of fused-ring (bicyclic) bond motifs is 1. The van der Waals surface area contributed by atoms with Gasteiger partial charge >= 0.3 is 0 Å². The van der Waals surface area contributed by atoms with Gasteiger partial charge in [0.2, 0.25) is 5.91 Å². The quantitative estimate of drug-likeness (QED) is 0.634. The first-order chi connectivity index (χ1) is 14.5. The molecule has 2 amide bonds. The molecule has 30 heavy (non-hydrogen) atoms. The second-order valence-corrected chi connectivity index (χ2v) is 7.38. The fourth-order valence-electron chi connectivity index (χ4n) is 3.21. The van der Waals surface area contributed by atoms with Crippen LogP contribution in [0.2, 0.25) is 5.02 Å². The van der Waals surface area contributed by atoms with Crippen LogP contribution in [0.1, 0.15) is 28.4 Å². The third-order valence-electron chi connectivity index (χ3n) is 4.85. The highest BCUT2D eigenvalue weighted by molar-refractivity contribution is 6.30. The van der Waals surface area contributed by atoms with Crippen molar-refractivity contribution in [3.8, 4) is 0 Å². The van der Waals surface area contributed by atoms with Crippen LogP contribution in [0, 0.1) is 0 Å². The standard InChI is InChI=1S/C21H21ClN6O2/c1-2-27-12-15(9-26-27)8-25-21(30)16-7-18-20(23-10-16)24-11-19(29)28(18)13-14-3-5-17(22)6-4-14/h3-7,9-10,12H,2,8,11,13H2,1H3,(H,23,24)(H,25,30). The number of aromatic nitrogens is 3. The molecule has 1 aliphatic rings. The summed E-state index contributed by atoms with van der Waals surface area (Å²) in [5.41, 5.74) is 2.81. The maximum atomic E-state index is 12.6. The van der Waals surface area contributed by atoms with Gasteiger partial charge < -0.3 is 15.5 Å². The van der Waals surface area contributed by atoms with Gasteiger partial charge in [-0.2, -0.15) is 5.10 Å². The lowest BCUT2D eigenvalue weighted by molar-refractivity contribution is -0.117. The number of halogens is 1. The lowest BCUT2D eigenvalue weighted by Gasteiger charge is -2.29. The zero-order valence-electron chi connectivity index (χ0n) is 16.4. The van der Waals surface area contributed by atoms with Crippen LogP contribution in [0.5, 0.6) is 0 Å². The fourth-order valence-corrected chi connectivity index (χ4v) is 3.34. The molecule has 0 atom stereocenters. The van der Waals surface area contributed by atoms with Crippen LogP contribution in [0.3, 0.4) is 0 Å². The lowest BCUT2D eigenvalue weighted by Crippen LogP contribution is -2.40. The Morgan fingerprint density at radius 3 is 2.77 bits per heavy atom. The van der Waals surface area contributed by atoms with E-state index >= 15 is 0 Å². The highest BCUT2D eigenvalue weighted by Crippen LogP contribution is 2.30. The van der Waals surface area contributed by atoms with Crippen LogP contribution in [0.15, 0.2) is 48.9 Å². The summed E-state index contributed by atoms with van der Waals surface area (Å²) in [6, 6.07) is 9.00. The molecule has 0 aliphatic carbocycles. The molecule has 0 saturated heterocycles. The van der Waals surface area contributed by atoms with Crippen LogP contribution < -0.4 is 15.5 Å². The van der Waals surface area contributed by atoms with Crippen molar-refractivity contribution >= 4 is 34.9 Å². The van der Waals surface area contributed by atoms with E-state index in [1.807, 2.05) is 25.3 Å². The van der Waals surface area contributed by atoms with Crippen molar-refractivity contribution in [3.63, 3.8) is 0 Å². The smallest absolute Gasteiger partial charge is 0.253 e. The van der Waals surface area contributed by atoms with Gasteiger partial charge in [-0.15, -0.1) is 0 Å². The second-order valence-electron chi connectivity index (χ2n) is 6.94. The molecule has 0 spiro atoms. The van der Waals surface area contributed by atoms with E-state index in [0.717, 1.165) is 17.7 Å². The zero-order chi connectivity index (χ0) is 21.1. The van der Waals surface area contributed by atoms with Gasteiger partial charge in [0.05, 0.1) is 30.5 Å². The number of hydrogen-bond donors (Lipinski definition) is 2. The van der Waals surface area contributed by atoms with E-state index in [4.69, 9.17) is 11.6 Å². The molecule has 0 bridgehead atoms. The van der Waals surface area contributed by atoms with Crippen molar-refractivity contribution in [2.75, 3.05) is 16.8 Å². The summed E-state index contributed by atoms with van der Waals surface area (Å²) in [7, 11) is 0. The number of hydrogen-bond acceptors (Lipinski definition) is 5. The molecule has 0 radical (unpaired) electrons. The summed E-state index contributed by atoms with van der Waals surface area (Å²) >= 11 is 5.95. The second kappa shape index (κ2) is 8.54.